The number of hydrogen-bond donors (Lipinski definition) is 0. The Balaban J connectivity index is 2.30. The molecule has 0 N–H and O–H groups in total. The maximum Gasteiger partial charge on any atom is 0.242 e. The number of benzene rings is 1. The highest BCUT2D eigenvalue weighted by Crippen LogP contribution is 2.23. The molecule has 0 saturated carbocycles. The first-order chi connectivity index (χ1) is 11.0. The van der Waals surface area contributed by atoms with E-state index in [-0.39, 0.29) is 18.4 Å². The molecule has 0 spiro atoms. The summed E-state index contributed by atoms with van der Waals surface area (Å²) in [4.78, 5) is 27.2. The molecule has 0 aromatic heterocycles. The molecular weight excluding hydrogens is 360 g/mol. The van der Waals surface area contributed by atoms with Gasteiger partial charge in [-0.25, -0.2) is 0 Å². The average molecular weight is 385 g/mol. The second kappa shape index (κ2) is 10.3. The molecule has 23 heavy (non-hydrogen) atoms. The Morgan fingerprint density at radius 1 is 1.13 bits per heavy atom. The maximum atomic E-state index is 12.0. The smallest absolute Gasteiger partial charge is 0.242 e. The Kier molecular flexibility index (Phi) is 8.69. The highest BCUT2D eigenvalue weighted by Gasteiger charge is 2.16. The van der Waals surface area contributed by atoms with Crippen molar-refractivity contribution in [3.63, 3.8) is 0 Å². The van der Waals surface area contributed by atoms with E-state index in [9.17, 15) is 9.59 Å². The number of likely N-dealkylation sites (N-methyl/N-ethyl adjacent to an activating group) is 2. The maximum absolute atomic E-state index is 12.0. The van der Waals surface area contributed by atoms with Crippen LogP contribution < -0.4 is 4.74 Å². The van der Waals surface area contributed by atoms with Gasteiger partial charge in [0.05, 0.1) is 17.6 Å². The fourth-order valence-corrected chi connectivity index (χ4v) is 2.52. The van der Waals surface area contributed by atoms with E-state index in [2.05, 4.69) is 15.9 Å². The minimum Gasteiger partial charge on any atom is -0.492 e. The van der Waals surface area contributed by atoms with E-state index in [1.165, 1.54) is 4.90 Å². The van der Waals surface area contributed by atoms with E-state index in [4.69, 9.17) is 4.74 Å². The first-order valence-corrected chi connectivity index (χ1v) is 8.67. The Morgan fingerprint density at radius 3 is 2.39 bits per heavy atom. The van der Waals surface area contributed by atoms with Gasteiger partial charge in [-0.2, -0.15) is 0 Å². The van der Waals surface area contributed by atoms with E-state index in [0.717, 1.165) is 10.2 Å². The Labute approximate surface area is 146 Å². The van der Waals surface area contributed by atoms with Crippen molar-refractivity contribution >= 4 is 27.7 Å². The van der Waals surface area contributed by atoms with Crippen LogP contribution in [0.3, 0.4) is 0 Å². The van der Waals surface area contributed by atoms with Crippen LogP contribution in [-0.2, 0) is 9.59 Å². The van der Waals surface area contributed by atoms with Crippen LogP contribution in [0.4, 0.5) is 0 Å². The number of rotatable bonds is 9. The first kappa shape index (κ1) is 19.5. The lowest BCUT2D eigenvalue weighted by molar-refractivity contribution is -0.139. The van der Waals surface area contributed by atoms with Crippen LogP contribution in [0.25, 0.3) is 0 Å². The molecule has 0 radical (unpaired) electrons. The molecule has 0 saturated heterocycles. The van der Waals surface area contributed by atoms with E-state index in [1.807, 2.05) is 38.1 Å². The van der Waals surface area contributed by atoms with Gasteiger partial charge in [0.25, 0.3) is 0 Å². The van der Waals surface area contributed by atoms with Gasteiger partial charge in [-0.15, -0.1) is 0 Å². The number of nitrogens with zero attached hydrogens (tertiary/aromatic N) is 2. The Bertz CT molecular complexity index is 518. The molecule has 128 valence electrons. The van der Waals surface area contributed by atoms with E-state index in [1.54, 1.807) is 11.9 Å². The average Bonchev–Trinajstić information content (AvgIpc) is 2.53. The molecule has 0 unspecified atom stereocenters. The molecule has 1 rings (SSSR count). The van der Waals surface area contributed by atoms with Crippen molar-refractivity contribution in [3.05, 3.63) is 28.7 Å². The SMILES string of the molecule is CCN(CC)C(=O)CN(C)C(=O)CCCOc1ccccc1Br. The molecule has 0 fully saturated rings. The minimum absolute atomic E-state index is 0.0182. The summed E-state index contributed by atoms with van der Waals surface area (Å²) in [5.41, 5.74) is 0. The van der Waals surface area contributed by atoms with Crippen molar-refractivity contribution in [1.82, 2.24) is 9.80 Å². The van der Waals surface area contributed by atoms with Gasteiger partial charge in [0.15, 0.2) is 0 Å². The largest absolute Gasteiger partial charge is 0.492 e. The highest BCUT2D eigenvalue weighted by atomic mass is 79.9. The number of ether oxygens (including phenoxy) is 1. The molecule has 0 aliphatic heterocycles. The summed E-state index contributed by atoms with van der Waals surface area (Å²) < 4.78 is 6.52. The summed E-state index contributed by atoms with van der Waals surface area (Å²) in [6.45, 7) is 5.79. The van der Waals surface area contributed by atoms with Gasteiger partial charge >= 0.3 is 0 Å². The van der Waals surface area contributed by atoms with E-state index >= 15 is 0 Å². The summed E-state index contributed by atoms with van der Waals surface area (Å²) in [7, 11) is 1.67. The summed E-state index contributed by atoms with van der Waals surface area (Å²) in [6.07, 6.45) is 0.983. The fraction of sp³-hybridized carbons (Fsp3) is 0.529. The highest BCUT2D eigenvalue weighted by molar-refractivity contribution is 9.10. The number of halogens is 1. The van der Waals surface area contributed by atoms with Crippen molar-refractivity contribution in [2.75, 3.05) is 33.3 Å². The van der Waals surface area contributed by atoms with Crippen LogP contribution >= 0.6 is 15.9 Å². The molecule has 1 aromatic rings. The first-order valence-electron chi connectivity index (χ1n) is 7.88. The zero-order chi connectivity index (χ0) is 17.2. The number of carbonyl (C=O) groups is 2. The lowest BCUT2D eigenvalue weighted by Gasteiger charge is -2.23. The van der Waals surface area contributed by atoms with Gasteiger partial charge in [0.2, 0.25) is 11.8 Å². The van der Waals surface area contributed by atoms with Gasteiger partial charge in [-0.3, -0.25) is 9.59 Å². The molecule has 0 bridgehead atoms. The third-order valence-electron chi connectivity index (χ3n) is 3.54. The monoisotopic (exact) mass is 384 g/mol. The van der Waals surface area contributed by atoms with Crippen LogP contribution in [0.15, 0.2) is 28.7 Å². The molecule has 0 aliphatic carbocycles. The van der Waals surface area contributed by atoms with Gasteiger partial charge in [0, 0.05) is 26.6 Å². The topological polar surface area (TPSA) is 49.9 Å². The van der Waals surface area contributed by atoms with E-state index < -0.39 is 0 Å². The summed E-state index contributed by atoms with van der Waals surface area (Å²) in [5, 5.41) is 0. The Morgan fingerprint density at radius 2 is 1.78 bits per heavy atom. The lowest BCUT2D eigenvalue weighted by Crippen LogP contribution is -2.41. The van der Waals surface area contributed by atoms with Gasteiger partial charge in [-0.1, -0.05) is 12.1 Å². The fourth-order valence-electron chi connectivity index (χ4n) is 2.13. The van der Waals surface area contributed by atoms with Crippen molar-refractivity contribution in [3.8, 4) is 5.75 Å². The van der Waals surface area contributed by atoms with Gasteiger partial charge in [0.1, 0.15) is 5.75 Å². The minimum atomic E-state index is -0.0405. The molecule has 1 aromatic carbocycles. The second-order valence-electron chi connectivity index (χ2n) is 5.20. The van der Waals surface area contributed by atoms with Crippen LogP contribution in [-0.4, -0.2) is 54.9 Å². The lowest BCUT2D eigenvalue weighted by atomic mass is 10.3. The molecule has 2 amide bonds. The summed E-state index contributed by atoms with van der Waals surface area (Å²) in [6, 6.07) is 7.61. The Hall–Kier alpha value is -1.56. The normalized spacial score (nSPS) is 10.3. The second-order valence-corrected chi connectivity index (χ2v) is 6.05. The van der Waals surface area contributed by atoms with Crippen LogP contribution in [0.2, 0.25) is 0 Å². The van der Waals surface area contributed by atoms with Crippen molar-refractivity contribution in [2.24, 2.45) is 0 Å². The van der Waals surface area contributed by atoms with Crippen LogP contribution in [0, 0.1) is 0 Å². The zero-order valence-electron chi connectivity index (χ0n) is 14.0. The molecule has 0 aliphatic rings. The molecular formula is C17H25BrN2O3. The molecule has 0 heterocycles. The number of amides is 2. The number of carbonyl (C=O) groups excluding carboxylic acids is 2. The van der Waals surface area contributed by atoms with Crippen molar-refractivity contribution in [1.29, 1.82) is 0 Å². The van der Waals surface area contributed by atoms with E-state index in [0.29, 0.717) is 32.5 Å². The predicted molar refractivity (Wildman–Crippen MR) is 94.4 cm³/mol. The molecule has 5 nitrogen and oxygen atoms in total. The third-order valence-corrected chi connectivity index (χ3v) is 4.20. The zero-order valence-corrected chi connectivity index (χ0v) is 15.6. The van der Waals surface area contributed by atoms with Crippen LogP contribution in [0.1, 0.15) is 26.7 Å². The summed E-state index contributed by atoms with van der Waals surface area (Å²) >= 11 is 3.41. The van der Waals surface area contributed by atoms with Crippen molar-refractivity contribution in [2.45, 2.75) is 26.7 Å². The molecule has 0 atom stereocenters. The van der Waals surface area contributed by atoms with Crippen molar-refractivity contribution < 1.29 is 14.3 Å². The third kappa shape index (κ3) is 6.60. The van der Waals surface area contributed by atoms with Crippen LogP contribution in [0.5, 0.6) is 5.75 Å². The number of hydrogen-bond acceptors (Lipinski definition) is 3. The standard InChI is InChI=1S/C17H25BrN2O3/c1-4-20(5-2)17(22)13-19(3)16(21)11-8-12-23-15-10-7-6-9-14(15)18/h6-7,9-10H,4-5,8,11-13H2,1-3H3. The quantitative estimate of drug-likeness (QED) is 0.615. The number of para-hydroxylation sites is 1. The van der Waals surface area contributed by atoms with Gasteiger partial charge < -0.3 is 14.5 Å². The predicted octanol–water partition coefficient (Wildman–Crippen LogP) is 2.93. The van der Waals surface area contributed by atoms with Gasteiger partial charge in [-0.05, 0) is 48.3 Å². The molecule has 6 heteroatoms. The summed E-state index contributed by atoms with van der Waals surface area (Å²) in [5.74, 6) is 0.710.